The molecule has 0 amide bonds. The zero-order valence-corrected chi connectivity index (χ0v) is 9.15. The minimum atomic E-state index is -2.31. The van der Waals surface area contributed by atoms with E-state index in [0.717, 1.165) is 0 Å². The molecule has 18 heavy (non-hydrogen) atoms. The Balaban J connectivity index is 3.22. The zero-order chi connectivity index (χ0) is 13.8. The van der Waals surface area contributed by atoms with Gasteiger partial charge in [-0.05, 0) is 5.19 Å². The molecule has 0 spiro atoms. The van der Waals surface area contributed by atoms with Crippen molar-refractivity contribution in [1.82, 2.24) is 0 Å². The van der Waals surface area contributed by atoms with Crippen LogP contribution in [0.1, 0.15) is 0 Å². The molecule has 2 rings (SSSR count). The van der Waals surface area contributed by atoms with Crippen molar-refractivity contribution in [2.75, 3.05) is 0 Å². The van der Waals surface area contributed by atoms with E-state index in [1.807, 2.05) is 0 Å². The second-order valence-electron chi connectivity index (χ2n) is 3.32. The van der Waals surface area contributed by atoms with Crippen LogP contribution in [-0.4, -0.2) is 10.2 Å². The summed E-state index contributed by atoms with van der Waals surface area (Å²) < 4.78 is 91.7. The van der Waals surface area contributed by atoms with E-state index in [2.05, 4.69) is 10.2 Å². The standard InChI is InChI=1S/C10F7Si/c11-3-1-2(5(13)7(15)6(3)14)10(18)9(17)8(16)4(1)12. The average Bonchev–Trinajstić information content (AvgIpc) is 2.35. The summed E-state index contributed by atoms with van der Waals surface area (Å²) in [4.78, 5) is 0. The van der Waals surface area contributed by atoms with Crippen molar-refractivity contribution in [1.29, 1.82) is 0 Å². The normalized spacial score (nSPS) is 11.3. The van der Waals surface area contributed by atoms with Gasteiger partial charge < -0.3 is 0 Å². The maximum Gasteiger partial charge on any atom is 0.198 e. The molecule has 93 valence electrons. The lowest BCUT2D eigenvalue weighted by Crippen LogP contribution is -2.18. The van der Waals surface area contributed by atoms with Gasteiger partial charge in [-0.25, -0.2) is 30.7 Å². The van der Waals surface area contributed by atoms with Gasteiger partial charge in [0, 0.05) is 5.39 Å². The van der Waals surface area contributed by atoms with E-state index in [0.29, 0.717) is 0 Å². The van der Waals surface area contributed by atoms with Crippen molar-refractivity contribution in [3.05, 3.63) is 40.7 Å². The average molecular weight is 281 g/mol. The third-order valence-electron chi connectivity index (χ3n) is 2.34. The van der Waals surface area contributed by atoms with Crippen molar-refractivity contribution in [3.8, 4) is 0 Å². The summed E-state index contributed by atoms with van der Waals surface area (Å²) >= 11 is 0. The number of rotatable bonds is 0. The SMILES string of the molecule is Fc1c(F)c(F)c2c([Si])c(F)c(F)c(F)c2c1F. The van der Waals surface area contributed by atoms with Crippen LogP contribution < -0.4 is 5.19 Å². The smallest absolute Gasteiger partial charge is 0.198 e. The van der Waals surface area contributed by atoms with Crippen LogP contribution in [0.3, 0.4) is 0 Å². The molecule has 0 atom stereocenters. The largest absolute Gasteiger partial charge is 0.204 e. The van der Waals surface area contributed by atoms with Crippen LogP contribution in [0.25, 0.3) is 10.8 Å². The van der Waals surface area contributed by atoms with Crippen LogP contribution in [0.4, 0.5) is 30.7 Å². The van der Waals surface area contributed by atoms with Gasteiger partial charge in [-0.15, -0.1) is 0 Å². The first-order valence-corrected chi connectivity index (χ1v) is 4.82. The second kappa shape index (κ2) is 3.97. The zero-order valence-electron chi connectivity index (χ0n) is 8.15. The van der Waals surface area contributed by atoms with Crippen molar-refractivity contribution in [2.24, 2.45) is 0 Å². The number of hydrogen-bond donors (Lipinski definition) is 0. The molecule has 0 unspecified atom stereocenters. The van der Waals surface area contributed by atoms with Gasteiger partial charge in [-0.3, -0.25) is 0 Å². The van der Waals surface area contributed by atoms with Crippen LogP contribution >= 0.6 is 0 Å². The fourth-order valence-corrected chi connectivity index (χ4v) is 1.84. The molecule has 0 aromatic heterocycles. The third kappa shape index (κ3) is 1.44. The summed E-state index contributed by atoms with van der Waals surface area (Å²) in [5.41, 5.74) is 0. The summed E-state index contributed by atoms with van der Waals surface area (Å²) in [7, 11) is 2.39. The molecule has 2 aromatic carbocycles. The maximum absolute atomic E-state index is 13.3. The molecular weight excluding hydrogens is 281 g/mol. The highest BCUT2D eigenvalue weighted by atomic mass is 28.1. The van der Waals surface area contributed by atoms with Gasteiger partial charge in [0.2, 0.25) is 0 Å². The molecular formula is C10F7Si. The molecule has 0 bridgehead atoms. The minimum absolute atomic E-state index is 1.04. The number of benzene rings is 2. The number of fused-ring (bicyclic) bond motifs is 1. The van der Waals surface area contributed by atoms with Gasteiger partial charge in [0.1, 0.15) is 0 Å². The van der Waals surface area contributed by atoms with Crippen LogP contribution in [0.15, 0.2) is 0 Å². The fourth-order valence-electron chi connectivity index (χ4n) is 1.50. The third-order valence-corrected chi connectivity index (χ3v) is 2.81. The number of hydrogen-bond acceptors (Lipinski definition) is 0. The molecule has 3 radical (unpaired) electrons. The van der Waals surface area contributed by atoms with Gasteiger partial charge in [0.25, 0.3) is 0 Å². The fraction of sp³-hybridized carbons (Fsp3) is 0. The second-order valence-corrected chi connectivity index (χ2v) is 3.82. The molecule has 0 aliphatic heterocycles. The lowest BCUT2D eigenvalue weighted by Gasteiger charge is -2.10. The van der Waals surface area contributed by atoms with E-state index >= 15 is 0 Å². The maximum atomic E-state index is 13.3. The van der Waals surface area contributed by atoms with E-state index in [1.165, 1.54) is 0 Å². The Morgan fingerprint density at radius 1 is 0.444 bits per heavy atom. The molecule has 0 aliphatic carbocycles. The van der Waals surface area contributed by atoms with E-state index in [4.69, 9.17) is 0 Å². The Kier molecular flexibility index (Phi) is 2.84. The van der Waals surface area contributed by atoms with E-state index in [9.17, 15) is 30.7 Å². The molecule has 0 aliphatic rings. The summed E-state index contributed by atoms with van der Waals surface area (Å²) in [6.07, 6.45) is 0. The monoisotopic (exact) mass is 281 g/mol. The highest BCUT2D eigenvalue weighted by Crippen LogP contribution is 2.29. The lowest BCUT2D eigenvalue weighted by molar-refractivity contribution is 0.411. The first-order valence-electron chi connectivity index (χ1n) is 4.32. The van der Waals surface area contributed by atoms with Crippen molar-refractivity contribution in [2.45, 2.75) is 0 Å². The van der Waals surface area contributed by atoms with Gasteiger partial charge >= 0.3 is 0 Å². The molecule has 0 heterocycles. The summed E-state index contributed by atoms with van der Waals surface area (Å²) in [6, 6.07) is 0. The van der Waals surface area contributed by atoms with E-state index in [1.54, 1.807) is 0 Å². The van der Waals surface area contributed by atoms with Gasteiger partial charge in [-0.2, -0.15) is 0 Å². The molecule has 0 saturated heterocycles. The topological polar surface area (TPSA) is 0 Å². The molecule has 8 heteroatoms. The van der Waals surface area contributed by atoms with E-state index < -0.39 is 56.7 Å². The van der Waals surface area contributed by atoms with Crippen LogP contribution in [0, 0.1) is 40.7 Å². The van der Waals surface area contributed by atoms with Crippen molar-refractivity contribution < 1.29 is 30.7 Å². The summed E-state index contributed by atoms with van der Waals surface area (Å²) in [5, 5.41) is -3.80. The Morgan fingerprint density at radius 2 is 0.778 bits per heavy atom. The van der Waals surface area contributed by atoms with Crippen LogP contribution in [-0.2, 0) is 0 Å². The molecule has 0 fully saturated rings. The number of halogens is 7. The van der Waals surface area contributed by atoms with Crippen molar-refractivity contribution >= 4 is 26.2 Å². The molecule has 0 nitrogen and oxygen atoms in total. The Morgan fingerprint density at radius 3 is 1.22 bits per heavy atom. The Bertz CT molecular complexity index is 567. The predicted octanol–water partition coefficient (Wildman–Crippen LogP) is 2.61. The highest BCUT2D eigenvalue weighted by molar-refractivity contribution is 6.39. The van der Waals surface area contributed by atoms with Gasteiger partial charge in [0.15, 0.2) is 40.7 Å². The quantitative estimate of drug-likeness (QED) is 0.301. The van der Waals surface area contributed by atoms with Crippen LogP contribution in [0.2, 0.25) is 0 Å². The molecule has 0 saturated carbocycles. The first kappa shape index (κ1) is 12.9. The van der Waals surface area contributed by atoms with Crippen molar-refractivity contribution in [3.63, 3.8) is 0 Å². The van der Waals surface area contributed by atoms with Gasteiger partial charge in [0.05, 0.1) is 15.6 Å². The molecule has 2 aromatic rings. The lowest BCUT2D eigenvalue weighted by atomic mass is 10.1. The summed E-state index contributed by atoms with van der Waals surface area (Å²) in [6.45, 7) is 0. The Hall–Kier alpha value is -1.57. The minimum Gasteiger partial charge on any atom is -0.204 e. The molecule has 0 N–H and O–H groups in total. The van der Waals surface area contributed by atoms with Crippen LogP contribution in [0.5, 0.6) is 0 Å². The Labute approximate surface area is 98.4 Å². The first-order chi connectivity index (χ1) is 8.29. The predicted molar refractivity (Wildman–Crippen MR) is 49.0 cm³/mol. The highest BCUT2D eigenvalue weighted by Gasteiger charge is 2.28. The van der Waals surface area contributed by atoms with Gasteiger partial charge in [-0.1, -0.05) is 0 Å². The summed E-state index contributed by atoms with van der Waals surface area (Å²) in [5.74, 6) is -14.9. The van der Waals surface area contributed by atoms with E-state index in [-0.39, 0.29) is 0 Å².